The Balaban J connectivity index is 2.53. The lowest BCUT2D eigenvalue weighted by molar-refractivity contribution is 0.102. The summed E-state index contributed by atoms with van der Waals surface area (Å²) in [5.74, 6) is 0.0618. The number of benzene rings is 1. The zero-order chi connectivity index (χ0) is 17.4. The summed E-state index contributed by atoms with van der Waals surface area (Å²) in [7, 11) is 0. The van der Waals surface area contributed by atoms with E-state index >= 15 is 0 Å². The van der Waals surface area contributed by atoms with Crippen molar-refractivity contribution in [1.82, 2.24) is 4.98 Å². The number of nitrogens with one attached hydrogen (secondary N) is 1. The molecule has 0 unspecified atom stereocenters. The largest absolute Gasteiger partial charge is 0.507 e. The molecule has 0 spiro atoms. The third kappa shape index (κ3) is 3.91. The van der Waals surface area contributed by atoms with Crippen LogP contribution in [0, 0.1) is 0 Å². The number of nitrogens with zero attached hydrogens (tertiary/aromatic N) is 1. The molecule has 5 heteroatoms. The molecular weight excluding hydrogens is 308 g/mol. The molecule has 0 fully saturated rings. The SMILES string of the molecule is CC(C)(C)c1cc(C(=O)Nc2nccs2)cc(C(C)(C)C)c1O. The molecule has 23 heavy (non-hydrogen) atoms. The Labute approximate surface area is 141 Å². The molecule has 0 saturated carbocycles. The fraction of sp³-hybridized carbons (Fsp3) is 0.444. The summed E-state index contributed by atoms with van der Waals surface area (Å²) in [6, 6.07) is 3.54. The topological polar surface area (TPSA) is 62.2 Å². The summed E-state index contributed by atoms with van der Waals surface area (Å²) in [5.41, 5.74) is 1.56. The van der Waals surface area contributed by atoms with Crippen LogP contribution in [0.25, 0.3) is 0 Å². The molecule has 2 N–H and O–H groups in total. The molecule has 1 aromatic carbocycles. The third-order valence-corrected chi connectivity index (χ3v) is 4.33. The molecule has 124 valence electrons. The van der Waals surface area contributed by atoms with Gasteiger partial charge in [-0.25, -0.2) is 4.98 Å². The van der Waals surface area contributed by atoms with Crippen molar-refractivity contribution >= 4 is 22.4 Å². The van der Waals surface area contributed by atoms with Crippen molar-refractivity contribution < 1.29 is 9.90 Å². The number of amides is 1. The number of hydrogen-bond donors (Lipinski definition) is 2. The quantitative estimate of drug-likeness (QED) is 0.838. The van der Waals surface area contributed by atoms with Crippen LogP contribution in [0.5, 0.6) is 5.75 Å². The van der Waals surface area contributed by atoms with Crippen LogP contribution in [-0.2, 0) is 10.8 Å². The van der Waals surface area contributed by atoms with Crippen LogP contribution in [0.2, 0.25) is 0 Å². The molecule has 0 radical (unpaired) electrons. The zero-order valence-electron chi connectivity index (χ0n) is 14.5. The average molecular weight is 332 g/mol. The zero-order valence-corrected chi connectivity index (χ0v) is 15.3. The van der Waals surface area contributed by atoms with Crippen LogP contribution in [0.15, 0.2) is 23.7 Å². The van der Waals surface area contributed by atoms with Gasteiger partial charge in [-0.15, -0.1) is 11.3 Å². The number of carbonyl (C=O) groups is 1. The maximum atomic E-state index is 12.6. The molecule has 0 aliphatic rings. The van der Waals surface area contributed by atoms with E-state index in [1.54, 1.807) is 18.3 Å². The van der Waals surface area contributed by atoms with Gasteiger partial charge in [-0.3, -0.25) is 10.1 Å². The molecular formula is C18H24N2O2S. The number of aromatic nitrogens is 1. The van der Waals surface area contributed by atoms with Crippen molar-refractivity contribution in [2.75, 3.05) is 5.32 Å². The number of phenolic OH excluding ortho intramolecular Hbond substituents is 1. The molecule has 1 amide bonds. The first-order chi connectivity index (χ1) is 10.5. The van der Waals surface area contributed by atoms with E-state index in [4.69, 9.17) is 0 Å². The monoisotopic (exact) mass is 332 g/mol. The first-order valence-electron chi connectivity index (χ1n) is 7.59. The summed E-state index contributed by atoms with van der Waals surface area (Å²) in [5, 5.41) is 15.9. The van der Waals surface area contributed by atoms with Gasteiger partial charge in [0.25, 0.3) is 5.91 Å². The van der Waals surface area contributed by atoms with Crippen LogP contribution in [0.3, 0.4) is 0 Å². The highest BCUT2D eigenvalue weighted by molar-refractivity contribution is 7.13. The minimum atomic E-state index is -0.262. The van der Waals surface area contributed by atoms with Gasteiger partial charge in [-0.2, -0.15) is 0 Å². The van der Waals surface area contributed by atoms with Crippen molar-refractivity contribution in [1.29, 1.82) is 0 Å². The van der Waals surface area contributed by atoms with Gasteiger partial charge in [0.05, 0.1) is 0 Å². The van der Waals surface area contributed by atoms with E-state index in [1.165, 1.54) is 11.3 Å². The van der Waals surface area contributed by atoms with E-state index in [0.717, 1.165) is 11.1 Å². The van der Waals surface area contributed by atoms with E-state index in [-0.39, 0.29) is 22.5 Å². The van der Waals surface area contributed by atoms with Gasteiger partial charge < -0.3 is 5.11 Å². The lowest BCUT2D eigenvalue weighted by Gasteiger charge is -2.28. The summed E-state index contributed by atoms with van der Waals surface area (Å²) in [6.07, 6.45) is 1.65. The predicted molar refractivity (Wildman–Crippen MR) is 95.6 cm³/mol. The van der Waals surface area contributed by atoms with Crippen molar-refractivity contribution in [2.45, 2.75) is 52.4 Å². The van der Waals surface area contributed by atoms with E-state index in [1.807, 2.05) is 46.9 Å². The fourth-order valence-corrected chi connectivity index (χ4v) is 2.89. The molecule has 2 rings (SSSR count). The van der Waals surface area contributed by atoms with Gasteiger partial charge in [-0.1, -0.05) is 41.5 Å². The second-order valence-electron chi connectivity index (χ2n) is 7.71. The van der Waals surface area contributed by atoms with E-state index < -0.39 is 0 Å². The van der Waals surface area contributed by atoms with Crippen LogP contribution in [0.1, 0.15) is 63.0 Å². The Morgan fingerprint density at radius 3 is 2.00 bits per heavy atom. The molecule has 0 aliphatic carbocycles. The molecule has 1 heterocycles. The first kappa shape index (κ1) is 17.5. The lowest BCUT2D eigenvalue weighted by atomic mass is 9.78. The number of aromatic hydroxyl groups is 1. The summed E-state index contributed by atoms with van der Waals surface area (Å²) < 4.78 is 0. The standard InChI is InChI=1S/C18H24N2O2S/c1-17(2,3)12-9-11(10-13(14(12)21)18(4,5)6)15(22)20-16-19-7-8-23-16/h7-10,21H,1-6H3,(H,19,20,22). The maximum Gasteiger partial charge on any atom is 0.257 e. The van der Waals surface area contributed by atoms with Gasteiger partial charge in [-0.05, 0) is 23.0 Å². The fourth-order valence-electron chi connectivity index (χ4n) is 2.36. The summed E-state index contributed by atoms with van der Waals surface area (Å²) >= 11 is 1.38. The highest BCUT2D eigenvalue weighted by Gasteiger charge is 2.27. The molecule has 0 atom stereocenters. The minimum absolute atomic E-state index is 0.212. The first-order valence-corrected chi connectivity index (χ1v) is 8.47. The van der Waals surface area contributed by atoms with Gasteiger partial charge in [0, 0.05) is 28.3 Å². The van der Waals surface area contributed by atoms with E-state index in [9.17, 15) is 9.90 Å². The lowest BCUT2D eigenvalue weighted by Crippen LogP contribution is -2.20. The van der Waals surface area contributed by atoms with E-state index in [2.05, 4.69) is 10.3 Å². The van der Waals surface area contributed by atoms with Gasteiger partial charge in [0.15, 0.2) is 5.13 Å². The summed E-state index contributed by atoms with van der Waals surface area (Å²) in [6.45, 7) is 12.1. The highest BCUT2D eigenvalue weighted by Crippen LogP contribution is 2.39. The molecule has 0 aliphatic heterocycles. The van der Waals surface area contributed by atoms with Crippen molar-refractivity contribution in [3.8, 4) is 5.75 Å². The van der Waals surface area contributed by atoms with Crippen LogP contribution >= 0.6 is 11.3 Å². The third-order valence-electron chi connectivity index (χ3n) is 3.64. The Morgan fingerprint density at radius 2 is 1.61 bits per heavy atom. The molecule has 0 saturated heterocycles. The number of phenols is 1. The second-order valence-corrected chi connectivity index (χ2v) is 8.61. The maximum absolute atomic E-state index is 12.6. The number of thiazole rings is 1. The highest BCUT2D eigenvalue weighted by atomic mass is 32.1. The van der Waals surface area contributed by atoms with Crippen LogP contribution in [-0.4, -0.2) is 16.0 Å². The Kier molecular flexibility index (Phi) is 4.53. The normalized spacial score (nSPS) is 12.3. The number of rotatable bonds is 2. The van der Waals surface area contributed by atoms with Gasteiger partial charge in [0.2, 0.25) is 0 Å². The second kappa shape index (κ2) is 5.96. The Hall–Kier alpha value is -1.88. The van der Waals surface area contributed by atoms with Crippen molar-refractivity contribution in [3.63, 3.8) is 0 Å². The van der Waals surface area contributed by atoms with Gasteiger partial charge >= 0.3 is 0 Å². The van der Waals surface area contributed by atoms with Crippen LogP contribution < -0.4 is 5.32 Å². The average Bonchev–Trinajstić information content (AvgIpc) is 2.88. The number of anilines is 1. The predicted octanol–water partition coefficient (Wildman–Crippen LogP) is 4.70. The number of hydrogen-bond acceptors (Lipinski definition) is 4. The van der Waals surface area contributed by atoms with Crippen molar-refractivity contribution in [2.24, 2.45) is 0 Å². The number of carbonyl (C=O) groups excluding carboxylic acids is 1. The van der Waals surface area contributed by atoms with E-state index in [0.29, 0.717) is 10.7 Å². The molecule has 4 nitrogen and oxygen atoms in total. The van der Waals surface area contributed by atoms with Gasteiger partial charge in [0.1, 0.15) is 5.75 Å². The molecule has 0 bridgehead atoms. The minimum Gasteiger partial charge on any atom is -0.507 e. The smallest absolute Gasteiger partial charge is 0.257 e. The summed E-state index contributed by atoms with van der Waals surface area (Å²) in [4.78, 5) is 16.6. The Morgan fingerprint density at radius 1 is 1.09 bits per heavy atom. The molecule has 2 aromatic rings. The Bertz CT molecular complexity index is 673. The van der Waals surface area contributed by atoms with Crippen LogP contribution in [0.4, 0.5) is 5.13 Å². The molecule has 1 aromatic heterocycles. The van der Waals surface area contributed by atoms with Crippen molar-refractivity contribution in [3.05, 3.63) is 40.4 Å².